The van der Waals surface area contributed by atoms with Crippen LogP contribution in [0.25, 0.3) is 5.69 Å². The Morgan fingerprint density at radius 3 is 2.67 bits per heavy atom. The molecule has 0 spiro atoms. The van der Waals surface area contributed by atoms with E-state index in [4.69, 9.17) is 0 Å². The van der Waals surface area contributed by atoms with Crippen LogP contribution in [0.5, 0.6) is 0 Å². The van der Waals surface area contributed by atoms with E-state index in [0.717, 1.165) is 37.2 Å². The smallest absolute Gasteiger partial charge is 0.103 e. The molecule has 114 valence electrons. The lowest BCUT2D eigenvalue weighted by atomic mass is 10.1. The van der Waals surface area contributed by atoms with Gasteiger partial charge in [-0.05, 0) is 50.4 Å². The minimum absolute atomic E-state index is 0.290. The van der Waals surface area contributed by atoms with Gasteiger partial charge in [-0.3, -0.25) is 0 Å². The van der Waals surface area contributed by atoms with Gasteiger partial charge in [0.05, 0.1) is 17.4 Å². The first-order valence-electron chi connectivity index (χ1n) is 7.96. The Morgan fingerprint density at radius 1 is 1.24 bits per heavy atom. The third kappa shape index (κ3) is 3.50. The summed E-state index contributed by atoms with van der Waals surface area (Å²) in [5.74, 6) is 0. The summed E-state index contributed by atoms with van der Waals surface area (Å²) in [5, 5.41) is 12.4. The second-order valence-electron chi connectivity index (χ2n) is 5.44. The van der Waals surface area contributed by atoms with Crippen molar-refractivity contribution in [2.45, 2.75) is 53.0 Å². The summed E-state index contributed by atoms with van der Waals surface area (Å²) in [4.78, 5) is 0. The van der Waals surface area contributed by atoms with E-state index in [1.807, 2.05) is 4.68 Å². The number of hydrogen-bond donors (Lipinski definition) is 1. The van der Waals surface area contributed by atoms with Crippen molar-refractivity contribution in [2.24, 2.45) is 0 Å². The maximum Gasteiger partial charge on any atom is 0.103 e. The Bertz CT molecular complexity index is 574. The molecule has 0 saturated heterocycles. The van der Waals surface area contributed by atoms with Gasteiger partial charge >= 0.3 is 0 Å². The fourth-order valence-electron chi connectivity index (χ4n) is 2.63. The van der Waals surface area contributed by atoms with Crippen molar-refractivity contribution in [1.82, 2.24) is 20.3 Å². The molecule has 0 aliphatic carbocycles. The molecule has 21 heavy (non-hydrogen) atoms. The normalized spacial score (nSPS) is 12.6. The molecule has 1 N–H and O–H groups in total. The van der Waals surface area contributed by atoms with E-state index in [0.29, 0.717) is 6.04 Å². The Labute approximate surface area is 127 Å². The summed E-state index contributed by atoms with van der Waals surface area (Å²) < 4.78 is 1.98. The van der Waals surface area contributed by atoms with Gasteiger partial charge in [0.15, 0.2) is 0 Å². The Morgan fingerprint density at radius 2 is 2.05 bits per heavy atom. The molecular weight excluding hydrogens is 260 g/mol. The summed E-state index contributed by atoms with van der Waals surface area (Å²) >= 11 is 0. The first-order valence-corrected chi connectivity index (χ1v) is 7.96. The second kappa shape index (κ2) is 7.36. The minimum atomic E-state index is 0.290. The van der Waals surface area contributed by atoms with Gasteiger partial charge in [-0.25, -0.2) is 4.68 Å². The summed E-state index contributed by atoms with van der Waals surface area (Å²) in [6.45, 7) is 9.66. The van der Waals surface area contributed by atoms with Gasteiger partial charge in [-0.15, -0.1) is 5.10 Å². The lowest BCUT2D eigenvalue weighted by Gasteiger charge is -2.16. The van der Waals surface area contributed by atoms with Crippen LogP contribution < -0.4 is 5.32 Å². The zero-order valence-electron chi connectivity index (χ0n) is 13.6. The molecule has 4 nitrogen and oxygen atoms in total. The first kappa shape index (κ1) is 15.7. The molecule has 0 aliphatic heterocycles. The number of rotatable bonds is 7. The van der Waals surface area contributed by atoms with Gasteiger partial charge in [0.2, 0.25) is 0 Å². The molecule has 4 heteroatoms. The van der Waals surface area contributed by atoms with Gasteiger partial charge < -0.3 is 5.32 Å². The van der Waals surface area contributed by atoms with Crippen molar-refractivity contribution >= 4 is 0 Å². The molecule has 0 amide bonds. The molecule has 1 heterocycles. The first-order chi connectivity index (χ1) is 10.2. The van der Waals surface area contributed by atoms with Crippen LogP contribution in [-0.2, 0) is 6.42 Å². The van der Waals surface area contributed by atoms with E-state index >= 15 is 0 Å². The highest BCUT2D eigenvalue weighted by Gasteiger charge is 2.19. The third-order valence-corrected chi connectivity index (χ3v) is 3.75. The van der Waals surface area contributed by atoms with Gasteiger partial charge in [0, 0.05) is 0 Å². The topological polar surface area (TPSA) is 42.7 Å². The van der Waals surface area contributed by atoms with Crippen LogP contribution in [0.2, 0.25) is 0 Å². The minimum Gasteiger partial charge on any atom is -0.309 e. The number of aromatic nitrogens is 3. The molecule has 0 fully saturated rings. The number of benzene rings is 1. The van der Waals surface area contributed by atoms with Crippen LogP contribution in [0.1, 0.15) is 56.6 Å². The molecule has 2 rings (SSSR count). The van der Waals surface area contributed by atoms with Crippen molar-refractivity contribution < 1.29 is 0 Å². The number of nitrogens with zero attached hydrogens (tertiary/aromatic N) is 3. The number of aryl methyl sites for hydroxylation is 1. The molecule has 1 unspecified atom stereocenters. The predicted molar refractivity (Wildman–Crippen MR) is 86.8 cm³/mol. The van der Waals surface area contributed by atoms with Crippen LogP contribution in [-0.4, -0.2) is 21.5 Å². The van der Waals surface area contributed by atoms with Crippen LogP contribution >= 0.6 is 0 Å². The van der Waals surface area contributed by atoms with Crippen molar-refractivity contribution in [3.05, 3.63) is 41.2 Å². The van der Waals surface area contributed by atoms with Gasteiger partial charge in [0.1, 0.15) is 5.69 Å². The van der Waals surface area contributed by atoms with Gasteiger partial charge in [0.25, 0.3) is 0 Å². The molecule has 2 aromatic rings. The molecule has 0 saturated carbocycles. The van der Waals surface area contributed by atoms with Crippen molar-refractivity contribution in [3.8, 4) is 5.69 Å². The predicted octanol–water partition coefficient (Wildman–Crippen LogP) is 3.59. The average molecular weight is 286 g/mol. The van der Waals surface area contributed by atoms with E-state index in [2.05, 4.69) is 67.6 Å². The average Bonchev–Trinajstić information content (AvgIpc) is 2.92. The molecule has 1 atom stereocenters. The van der Waals surface area contributed by atoms with Crippen molar-refractivity contribution in [2.75, 3.05) is 6.54 Å². The zero-order valence-corrected chi connectivity index (χ0v) is 13.6. The summed E-state index contributed by atoms with van der Waals surface area (Å²) in [5.41, 5.74) is 4.63. The number of hydrogen-bond acceptors (Lipinski definition) is 3. The molecular formula is C17H26N4. The van der Waals surface area contributed by atoms with Crippen molar-refractivity contribution in [1.29, 1.82) is 0 Å². The maximum absolute atomic E-state index is 4.47. The highest BCUT2D eigenvalue weighted by atomic mass is 15.4. The quantitative estimate of drug-likeness (QED) is 0.846. The van der Waals surface area contributed by atoms with E-state index in [1.165, 1.54) is 11.3 Å². The largest absolute Gasteiger partial charge is 0.309 e. The van der Waals surface area contributed by atoms with Crippen LogP contribution in [0.4, 0.5) is 0 Å². The lowest BCUT2D eigenvalue weighted by molar-refractivity contribution is 0.503. The summed E-state index contributed by atoms with van der Waals surface area (Å²) in [6, 6.07) is 8.70. The van der Waals surface area contributed by atoms with Crippen molar-refractivity contribution in [3.63, 3.8) is 0 Å². The Hall–Kier alpha value is -1.68. The lowest BCUT2D eigenvalue weighted by Crippen LogP contribution is -2.23. The Balaban J connectivity index is 2.37. The molecule has 0 radical (unpaired) electrons. The standard InChI is InChI=1S/C17H26N4/c1-5-11-18-15(6-2)17-16(7-3)21(20-19-17)14-10-8-9-13(4)12-14/h8-10,12,15,18H,5-7,11H2,1-4H3. The third-order valence-electron chi connectivity index (χ3n) is 3.75. The second-order valence-corrected chi connectivity index (χ2v) is 5.44. The molecule has 1 aromatic carbocycles. The SMILES string of the molecule is CCCNC(CC)c1nnn(-c2cccc(C)c2)c1CC. The molecule has 0 aliphatic rings. The molecule has 1 aromatic heterocycles. The van der Waals surface area contributed by atoms with Crippen LogP contribution in [0.3, 0.4) is 0 Å². The molecule has 0 bridgehead atoms. The highest BCUT2D eigenvalue weighted by molar-refractivity contribution is 5.37. The van der Waals surface area contributed by atoms with Crippen LogP contribution in [0, 0.1) is 6.92 Å². The van der Waals surface area contributed by atoms with Crippen LogP contribution in [0.15, 0.2) is 24.3 Å². The monoisotopic (exact) mass is 286 g/mol. The summed E-state index contributed by atoms with van der Waals surface area (Å²) in [6.07, 6.45) is 3.09. The van der Waals surface area contributed by atoms with E-state index in [9.17, 15) is 0 Å². The Kier molecular flexibility index (Phi) is 5.51. The van der Waals surface area contributed by atoms with E-state index in [1.54, 1.807) is 0 Å². The van der Waals surface area contributed by atoms with E-state index in [-0.39, 0.29) is 0 Å². The number of nitrogens with one attached hydrogen (secondary N) is 1. The van der Waals surface area contributed by atoms with Gasteiger partial charge in [-0.1, -0.05) is 38.1 Å². The van der Waals surface area contributed by atoms with Gasteiger partial charge in [-0.2, -0.15) is 0 Å². The maximum atomic E-state index is 4.47. The van der Waals surface area contributed by atoms with E-state index < -0.39 is 0 Å². The highest BCUT2D eigenvalue weighted by Crippen LogP contribution is 2.22. The summed E-state index contributed by atoms with van der Waals surface area (Å²) in [7, 11) is 0. The fourth-order valence-corrected chi connectivity index (χ4v) is 2.63. The fraction of sp³-hybridized carbons (Fsp3) is 0.529. The zero-order chi connectivity index (χ0) is 15.2.